The van der Waals surface area contributed by atoms with Crippen LogP contribution in [0.5, 0.6) is 0 Å². The van der Waals surface area contributed by atoms with Crippen LogP contribution in [0.25, 0.3) is 11.1 Å². The molecule has 1 aliphatic rings. The number of aliphatic carboxylic acids is 1. The number of halogens is 3. The molecular formula is C30H29F3N2O6. The van der Waals surface area contributed by atoms with E-state index in [9.17, 15) is 32.7 Å². The summed E-state index contributed by atoms with van der Waals surface area (Å²) in [6, 6.07) is 21.7. The standard InChI is InChI=1S/C30H29F3N2O6/c1-18(40-16-19-10-4-3-5-11-19)25(26(36)37)34-27(38)29(2,30(31,32)33)35-28(39)41-17-24-22-14-8-6-12-20(22)21-13-7-9-15-23(21)24/h3-15,18,24-25H,16-17H2,1-2H3,(H,34,38)(H,35,39)(H,36,37)/t18-,25+,29?/m0/s1. The number of alkyl halides is 3. The van der Waals surface area contributed by atoms with Gasteiger partial charge in [0.05, 0.1) is 12.7 Å². The molecule has 0 bridgehead atoms. The lowest BCUT2D eigenvalue weighted by molar-refractivity contribution is -0.195. The van der Waals surface area contributed by atoms with Crippen molar-refractivity contribution < 1.29 is 42.1 Å². The Hall–Kier alpha value is -4.38. The highest BCUT2D eigenvalue weighted by Gasteiger charge is 2.59. The predicted molar refractivity (Wildman–Crippen MR) is 143 cm³/mol. The molecule has 41 heavy (non-hydrogen) atoms. The summed E-state index contributed by atoms with van der Waals surface area (Å²) in [5.74, 6) is -3.80. The highest BCUT2D eigenvalue weighted by Crippen LogP contribution is 2.44. The van der Waals surface area contributed by atoms with Crippen LogP contribution in [0.2, 0.25) is 0 Å². The number of alkyl carbamates (subject to hydrolysis) is 1. The molecule has 0 heterocycles. The van der Waals surface area contributed by atoms with Gasteiger partial charge in [0, 0.05) is 5.92 Å². The fraction of sp³-hybridized carbons (Fsp3) is 0.300. The van der Waals surface area contributed by atoms with Crippen LogP contribution in [0, 0.1) is 0 Å². The van der Waals surface area contributed by atoms with Crippen LogP contribution < -0.4 is 10.6 Å². The molecule has 0 aromatic heterocycles. The normalized spacial score (nSPS) is 15.5. The maximum Gasteiger partial charge on any atom is 0.420 e. The first-order valence-electron chi connectivity index (χ1n) is 12.8. The Kier molecular flexibility index (Phi) is 8.67. The van der Waals surface area contributed by atoms with Gasteiger partial charge in [-0.2, -0.15) is 13.2 Å². The molecule has 0 radical (unpaired) electrons. The minimum absolute atomic E-state index is 0.0316. The van der Waals surface area contributed by atoms with E-state index in [0.29, 0.717) is 12.5 Å². The quantitative estimate of drug-likeness (QED) is 0.316. The molecule has 3 aromatic rings. The van der Waals surface area contributed by atoms with Crippen molar-refractivity contribution >= 4 is 18.0 Å². The third kappa shape index (κ3) is 6.35. The molecule has 2 amide bonds. The van der Waals surface area contributed by atoms with Crippen molar-refractivity contribution in [3.63, 3.8) is 0 Å². The van der Waals surface area contributed by atoms with Crippen LogP contribution in [0.3, 0.4) is 0 Å². The molecule has 11 heteroatoms. The van der Waals surface area contributed by atoms with Crippen LogP contribution in [0.4, 0.5) is 18.0 Å². The number of amides is 2. The number of hydrogen-bond donors (Lipinski definition) is 3. The summed E-state index contributed by atoms with van der Waals surface area (Å²) in [5, 5.41) is 13.1. The molecule has 4 rings (SSSR count). The second-order valence-electron chi connectivity index (χ2n) is 9.86. The highest BCUT2D eigenvalue weighted by molar-refractivity contribution is 5.93. The molecular weight excluding hydrogens is 541 g/mol. The van der Waals surface area contributed by atoms with Gasteiger partial charge in [-0.05, 0) is 41.7 Å². The SMILES string of the molecule is C[C@H](OCc1ccccc1)[C@@H](NC(=O)C(C)(NC(=O)OCC1c2ccccc2-c2ccccc21)C(F)(F)F)C(=O)O. The van der Waals surface area contributed by atoms with Gasteiger partial charge >= 0.3 is 18.2 Å². The summed E-state index contributed by atoms with van der Waals surface area (Å²) in [5.41, 5.74) is 0.771. The van der Waals surface area contributed by atoms with E-state index >= 15 is 0 Å². The number of rotatable bonds is 10. The molecule has 3 atom stereocenters. The fourth-order valence-corrected chi connectivity index (χ4v) is 4.66. The van der Waals surface area contributed by atoms with Crippen LogP contribution in [0.15, 0.2) is 78.9 Å². The van der Waals surface area contributed by atoms with Crippen LogP contribution in [-0.2, 0) is 25.7 Å². The first-order chi connectivity index (χ1) is 19.4. The third-order valence-electron chi connectivity index (χ3n) is 7.09. The third-order valence-corrected chi connectivity index (χ3v) is 7.09. The minimum atomic E-state index is -5.29. The second-order valence-corrected chi connectivity index (χ2v) is 9.86. The Labute approximate surface area is 234 Å². The first kappa shape index (κ1) is 29.6. The summed E-state index contributed by atoms with van der Waals surface area (Å²) in [7, 11) is 0. The van der Waals surface area contributed by atoms with Crippen LogP contribution in [-0.4, -0.2) is 53.5 Å². The van der Waals surface area contributed by atoms with Crippen LogP contribution >= 0.6 is 0 Å². The number of carbonyl (C=O) groups is 3. The summed E-state index contributed by atoms with van der Waals surface area (Å²) < 4.78 is 53.2. The average molecular weight is 571 g/mol. The smallest absolute Gasteiger partial charge is 0.420 e. The topological polar surface area (TPSA) is 114 Å². The van der Waals surface area contributed by atoms with E-state index in [4.69, 9.17) is 9.47 Å². The van der Waals surface area contributed by atoms with Crippen molar-refractivity contribution in [1.29, 1.82) is 0 Å². The minimum Gasteiger partial charge on any atom is -0.480 e. The lowest BCUT2D eigenvalue weighted by atomic mass is 9.98. The lowest BCUT2D eigenvalue weighted by Gasteiger charge is -2.33. The Morgan fingerprint density at radius 2 is 1.44 bits per heavy atom. The predicted octanol–water partition coefficient (Wildman–Crippen LogP) is 5.02. The molecule has 0 saturated heterocycles. The van der Waals surface area contributed by atoms with E-state index in [2.05, 4.69) is 0 Å². The first-order valence-corrected chi connectivity index (χ1v) is 12.8. The summed E-state index contributed by atoms with van der Waals surface area (Å²) >= 11 is 0. The number of carboxylic acids is 1. The van der Waals surface area contributed by atoms with Crippen molar-refractivity contribution in [3.8, 4) is 11.1 Å². The number of carboxylic acid groups (broad SMARTS) is 1. The van der Waals surface area contributed by atoms with E-state index in [1.807, 2.05) is 53.8 Å². The molecule has 0 saturated carbocycles. The van der Waals surface area contributed by atoms with Gasteiger partial charge in [0.2, 0.25) is 5.54 Å². The van der Waals surface area contributed by atoms with Gasteiger partial charge in [-0.15, -0.1) is 0 Å². The molecule has 1 unspecified atom stereocenters. The Bertz CT molecular complexity index is 1370. The number of benzene rings is 3. The zero-order chi connectivity index (χ0) is 29.8. The van der Waals surface area contributed by atoms with Crippen molar-refractivity contribution in [3.05, 3.63) is 95.6 Å². The number of hydrogen-bond acceptors (Lipinski definition) is 5. The van der Waals surface area contributed by atoms with Gasteiger partial charge in [0.1, 0.15) is 6.61 Å². The Morgan fingerprint density at radius 3 is 1.98 bits per heavy atom. The van der Waals surface area contributed by atoms with Crippen molar-refractivity contribution in [2.45, 2.75) is 50.2 Å². The van der Waals surface area contributed by atoms with Gasteiger partial charge < -0.3 is 19.9 Å². The lowest BCUT2D eigenvalue weighted by Crippen LogP contribution is -2.67. The molecule has 3 N–H and O–H groups in total. The van der Waals surface area contributed by atoms with E-state index in [1.54, 1.807) is 35.6 Å². The van der Waals surface area contributed by atoms with E-state index in [1.165, 1.54) is 6.92 Å². The van der Waals surface area contributed by atoms with E-state index in [-0.39, 0.29) is 13.2 Å². The zero-order valence-corrected chi connectivity index (χ0v) is 22.3. The highest BCUT2D eigenvalue weighted by atomic mass is 19.4. The molecule has 0 fully saturated rings. The maximum absolute atomic E-state index is 14.2. The molecule has 0 spiro atoms. The monoisotopic (exact) mass is 570 g/mol. The van der Waals surface area contributed by atoms with Crippen molar-refractivity contribution in [1.82, 2.24) is 10.6 Å². The Balaban J connectivity index is 1.44. The fourth-order valence-electron chi connectivity index (χ4n) is 4.66. The molecule has 8 nitrogen and oxygen atoms in total. The van der Waals surface area contributed by atoms with Gasteiger partial charge in [0.25, 0.3) is 5.91 Å². The summed E-state index contributed by atoms with van der Waals surface area (Å²) in [4.78, 5) is 37.4. The number of nitrogens with one attached hydrogen (secondary N) is 2. The Morgan fingerprint density at radius 1 is 0.902 bits per heavy atom. The zero-order valence-electron chi connectivity index (χ0n) is 22.3. The molecule has 1 aliphatic carbocycles. The molecule has 216 valence electrons. The number of ether oxygens (including phenoxy) is 2. The molecule has 3 aromatic carbocycles. The summed E-state index contributed by atoms with van der Waals surface area (Å²) in [6.45, 7) is 1.44. The van der Waals surface area contributed by atoms with E-state index < -0.39 is 47.7 Å². The number of carbonyl (C=O) groups excluding carboxylic acids is 2. The average Bonchev–Trinajstić information content (AvgIpc) is 3.26. The molecule has 0 aliphatic heterocycles. The van der Waals surface area contributed by atoms with Gasteiger partial charge in [-0.25, -0.2) is 9.59 Å². The number of fused-ring (bicyclic) bond motifs is 3. The second kappa shape index (κ2) is 12.0. The van der Waals surface area contributed by atoms with Crippen LogP contribution in [0.1, 0.15) is 36.5 Å². The van der Waals surface area contributed by atoms with Gasteiger partial charge in [-0.1, -0.05) is 78.9 Å². The van der Waals surface area contributed by atoms with Gasteiger partial charge in [0.15, 0.2) is 6.04 Å². The van der Waals surface area contributed by atoms with Gasteiger partial charge in [-0.3, -0.25) is 10.1 Å². The maximum atomic E-state index is 14.2. The van der Waals surface area contributed by atoms with Crippen molar-refractivity contribution in [2.75, 3.05) is 6.61 Å². The van der Waals surface area contributed by atoms with Crippen molar-refractivity contribution in [2.24, 2.45) is 0 Å². The van der Waals surface area contributed by atoms with E-state index in [0.717, 1.165) is 22.3 Å². The largest absolute Gasteiger partial charge is 0.480 e. The summed E-state index contributed by atoms with van der Waals surface area (Å²) in [6.07, 6.45) is -7.98.